The molecule has 0 radical (unpaired) electrons. The van der Waals surface area contributed by atoms with Crippen LogP contribution in [0.1, 0.15) is 44.3 Å². The fourth-order valence-corrected chi connectivity index (χ4v) is 3.30. The summed E-state index contributed by atoms with van der Waals surface area (Å²) in [4.78, 5) is 17.9. The number of carboxylic acid groups (broad SMARTS) is 1. The van der Waals surface area contributed by atoms with Gasteiger partial charge < -0.3 is 10.4 Å². The SMILES string of the molecule is CCc1cnc(C(C)NCc2ccc(C(=O)O)s2)s1. The zero-order valence-electron chi connectivity index (χ0n) is 10.8. The number of nitrogens with one attached hydrogen (secondary N) is 1. The van der Waals surface area contributed by atoms with Gasteiger partial charge >= 0.3 is 5.97 Å². The van der Waals surface area contributed by atoms with E-state index in [-0.39, 0.29) is 6.04 Å². The Morgan fingerprint density at radius 3 is 2.79 bits per heavy atom. The average Bonchev–Trinajstić information content (AvgIpc) is 3.04. The fraction of sp³-hybridized carbons (Fsp3) is 0.385. The van der Waals surface area contributed by atoms with Crippen molar-refractivity contribution in [2.75, 3.05) is 0 Å². The van der Waals surface area contributed by atoms with Crippen LogP contribution in [-0.2, 0) is 13.0 Å². The molecule has 0 aromatic carbocycles. The highest BCUT2D eigenvalue weighted by Gasteiger charge is 2.11. The van der Waals surface area contributed by atoms with Gasteiger partial charge in [0.15, 0.2) is 0 Å². The minimum Gasteiger partial charge on any atom is -0.477 e. The van der Waals surface area contributed by atoms with Gasteiger partial charge in [-0.25, -0.2) is 9.78 Å². The van der Waals surface area contributed by atoms with Crippen LogP contribution in [0.4, 0.5) is 0 Å². The van der Waals surface area contributed by atoms with Crippen molar-refractivity contribution in [3.05, 3.63) is 38.0 Å². The second kappa shape index (κ2) is 6.27. The minimum atomic E-state index is -0.864. The molecule has 0 saturated heterocycles. The van der Waals surface area contributed by atoms with E-state index < -0.39 is 5.97 Å². The van der Waals surface area contributed by atoms with Gasteiger partial charge in [0.25, 0.3) is 0 Å². The number of aryl methyl sites for hydroxylation is 1. The van der Waals surface area contributed by atoms with Gasteiger partial charge in [0.2, 0.25) is 0 Å². The van der Waals surface area contributed by atoms with Gasteiger partial charge in [0.05, 0.1) is 6.04 Å². The van der Waals surface area contributed by atoms with Crippen molar-refractivity contribution in [2.24, 2.45) is 0 Å². The molecule has 0 spiro atoms. The number of carbonyl (C=O) groups is 1. The molecule has 102 valence electrons. The molecule has 2 heterocycles. The highest BCUT2D eigenvalue weighted by atomic mass is 32.1. The van der Waals surface area contributed by atoms with E-state index in [4.69, 9.17) is 5.11 Å². The summed E-state index contributed by atoms with van der Waals surface area (Å²) in [5.74, 6) is -0.864. The Bertz CT molecular complexity index is 562. The number of nitrogens with zero attached hydrogens (tertiary/aromatic N) is 1. The summed E-state index contributed by atoms with van der Waals surface area (Å²) in [5.41, 5.74) is 0. The number of hydrogen-bond acceptors (Lipinski definition) is 5. The van der Waals surface area contributed by atoms with Crippen molar-refractivity contribution in [2.45, 2.75) is 32.9 Å². The third-order valence-corrected chi connectivity index (χ3v) is 5.14. The largest absolute Gasteiger partial charge is 0.477 e. The van der Waals surface area contributed by atoms with E-state index in [0.29, 0.717) is 11.4 Å². The molecular weight excluding hydrogens is 280 g/mol. The summed E-state index contributed by atoms with van der Waals surface area (Å²) < 4.78 is 0. The molecule has 0 aliphatic heterocycles. The molecule has 0 amide bonds. The van der Waals surface area contributed by atoms with Crippen LogP contribution in [-0.4, -0.2) is 16.1 Å². The van der Waals surface area contributed by atoms with Crippen LogP contribution in [0.3, 0.4) is 0 Å². The third-order valence-electron chi connectivity index (χ3n) is 2.75. The smallest absolute Gasteiger partial charge is 0.345 e. The van der Waals surface area contributed by atoms with Crippen LogP contribution in [0.2, 0.25) is 0 Å². The van der Waals surface area contributed by atoms with Gasteiger partial charge in [-0.1, -0.05) is 6.92 Å². The number of thiophene rings is 1. The van der Waals surface area contributed by atoms with E-state index in [9.17, 15) is 4.79 Å². The zero-order chi connectivity index (χ0) is 13.8. The Labute approximate surface area is 120 Å². The van der Waals surface area contributed by atoms with Gasteiger partial charge in [0.1, 0.15) is 9.88 Å². The van der Waals surface area contributed by atoms with E-state index in [1.54, 1.807) is 17.4 Å². The van der Waals surface area contributed by atoms with Crippen LogP contribution >= 0.6 is 22.7 Å². The van der Waals surface area contributed by atoms with Gasteiger partial charge in [-0.15, -0.1) is 22.7 Å². The molecule has 0 bridgehead atoms. The zero-order valence-corrected chi connectivity index (χ0v) is 12.5. The Morgan fingerprint density at radius 1 is 1.42 bits per heavy atom. The van der Waals surface area contributed by atoms with Crippen molar-refractivity contribution < 1.29 is 9.90 Å². The summed E-state index contributed by atoms with van der Waals surface area (Å²) in [6, 6.07) is 3.68. The second-order valence-corrected chi connectivity index (χ2v) is 6.51. The van der Waals surface area contributed by atoms with Gasteiger partial charge in [0, 0.05) is 22.5 Å². The lowest BCUT2D eigenvalue weighted by Gasteiger charge is -2.09. The molecule has 1 unspecified atom stereocenters. The topological polar surface area (TPSA) is 62.2 Å². The van der Waals surface area contributed by atoms with Crippen molar-refractivity contribution in [1.29, 1.82) is 0 Å². The average molecular weight is 296 g/mol. The molecule has 0 aliphatic rings. The number of rotatable bonds is 6. The molecular formula is C13H16N2O2S2. The highest BCUT2D eigenvalue weighted by Crippen LogP contribution is 2.22. The highest BCUT2D eigenvalue weighted by molar-refractivity contribution is 7.13. The predicted octanol–water partition coefficient (Wildman–Crippen LogP) is 3.32. The molecule has 0 saturated carbocycles. The minimum absolute atomic E-state index is 0.181. The summed E-state index contributed by atoms with van der Waals surface area (Å²) >= 11 is 3.03. The monoisotopic (exact) mass is 296 g/mol. The number of thiazole rings is 1. The van der Waals surface area contributed by atoms with Crippen LogP contribution in [0, 0.1) is 0 Å². The Kier molecular flexibility index (Phi) is 4.68. The maximum Gasteiger partial charge on any atom is 0.345 e. The lowest BCUT2D eigenvalue weighted by molar-refractivity contribution is 0.0702. The van der Waals surface area contributed by atoms with Gasteiger partial charge in [-0.3, -0.25) is 0 Å². The van der Waals surface area contributed by atoms with Gasteiger partial charge in [-0.05, 0) is 25.5 Å². The maximum absolute atomic E-state index is 10.8. The Hall–Kier alpha value is -1.24. The standard InChI is InChI=1S/C13H16N2O2S2/c1-3-9-6-15-12(19-9)8(2)14-7-10-4-5-11(18-10)13(16)17/h4-6,8,14H,3,7H2,1-2H3,(H,16,17). The van der Waals surface area contributed by atoms with Crippen molar-refractivity contribution in [3.8, 4) is 0 Å². The van der Waals surface area contributed by atoms with E-state index in [1.807, 2.05) is 12.3 Å². The maximum atomic E-state index is 10.8. The van der Waals surface area contributed by atoms with E-state index in [2.05, 4.69) is 24.1 Å². The van der Waals surface area contributed by atoms with Crippen LogP contribution < -0.4 is 5.32 Å². The number of aromatic carboxylic acids is 1. The summed E-state index contributed by atoms with van der Waals surface area (Å²) in [6.07, 6.45) is 2.93. The van der Waals surface area contributed by atoms with Crippen LogP contribution in [0.25, 0.3) is 0 Å². The van der Waals surface area contributed by atoms with Gasteiger partial charge in [-0.2, -0.15) is 0 Å². The first-order chi connectivity index (χ1) is 9.10. The molecule has 2 aromatic heterocycles. The molecule has 1 atom stereocenters. The van der Waals surface area contributed by atoms with E-state index in [1.165, 1.54) is 16.2 Å². The van der Waals surface area contributed by atoms with E-state index >= 15 is 0 Å². The quantitative estimate of drug-likeness (QED) is 0.858. The molecule has 0 aliphatic carbocycles. The fourth-order valence-electron chi connectivity index (χ4n) is 1.62. The normalized spacial score (nSPS) is 12.5. The van der Waals surface area contributed by atoms with Crippen molar-refractivity contribution in [3.63, 3.8) is 0 Å². The van der Waals surface area contributed by atoms with E-state index in [0.717, 1.165) is 16.3 Å². The molecule has 2 rings (SSSR count). The number of aromatic nitrogens is 1. The Morgan fingerprint density at radius 2 is 2.21 bits per heavy atom. The van der Waals surface area contributed by atoms with Crippen molar-refractivity contribution in [1.82, 2.24) is 10.3 Å². The van der Waals surface area contributed by atoms with Crippen LogP contribution in [0.5, 0.6) is 0 Å². The summed E-state index contributed by atoms with van der Waals surface area (Å²) in [7, 11) is 0. The Balaban J connectivity index is 1.92. The number of hydrogen-bond donors (Lipinski definition) is 2. The summed E-state index contributed by atoms with van der Waals surface area (Å²) in [6.45, 7) is 4.86. The molecule has 4 nitrogen and oxygen atoms in total. The summed E-state index contributed by atoms with van der Waals surface area (Å²) in [5, 5.41) is 13.3. The molecule has 2 N–H and O–H groups in total. The number of carboxylic acids is 1. The van der Waals surface area contributed by atoms with Crippen LogP contribution in [0.15, 0.2) is 18.3 Å². The second-order valence-electron chi connectivity index (χ2n) is 4.19. The first kappa shape index (κ1) is 14.2. The lowest BCUT2D eigenvalue weighted by Crippen LogP contribution is -2.17. The molecule has 6 heteroatoms. The lowest BCUT2D eigenvalue weighted by atomic mass is 10.3. The third kappa shape index (κ3) is 3.62. The molecule has 2 aromatic rings. The predicted molar refractivity (Wildman–Crippen MR) is 78.0 cm³/mol. The van der Waals surface area contributed by atoms with Crippen molar-refractivity contribution >= 4 is 28.6 Å². The molecule has 0 fully saturated rings. The first-order valence-electron chi connectivity index (χ1n) is 6.10. The first-order valence-corrected chi connectivity index (χ1v) is 7.73. The molecule has 19 heavy (non-hydrogen) atoms.